The molecule has 0 atom stereocenters. The second kappa shape index (κ2) is 7.71. The van der Waals surface area contributed by atoms with Gasteiger partial charge >= 0.3 is 0 Å². The molecule has 1 N–H and O–H groups in total. The first-order valence-electron chi connectivity index (χ1n) is 8.24. The number of amides is 1. The van der Waals surface area contributed by atoms with E-state index >= 15 is 0 Å². The maximum Gasteiger partial charge on any atom is 0.251 e. The van der Waals surface area contributed by atoms with Crippen molar-refractivity contribution in [2.24, 2.45) is 0 Å². The Labute approximate surface area is 141 Å². The van der Waals surface area contributed by atoms with E-state index in [0.29, 0.717) is 17.8 Å². The third-order valence-electron chi connectivity index (χ3n) is 4.26. The van der Waals surface area contributed by atoms with Crippen molar-refractivity contribution in [3.63, 3.8) is 0 Å². The number of pyridine rings is 1. The molecule has 0 bridgehead atoms. The predicted octanol–water partition coefficient (Wildman–Crippen LogP) is 2.45. The molecule has 1 amide bonds. The minimum atomic E-state index is -0.0848. The summed E-state index contributed by atoms with van der Waals surface area (Å²) in [5.41, 5.74) is 2.53. The number of hydrogen-bond acceptors (Lipinski definition) is 4. The first-order chi connectivity index (χ1) is 11.8. The number of nitrogens with zero attached hydrogens (tertiary/aromatic N) is 3. The second-order valence-electron chi connectivity index (χ2n) is 5.90. The van der Waals surface area contributed by atoms with Gasteiger partial charge < -0.3 is 10.2 Å². The molecule has 1 aromatic carbocycles. The molecule has 0 spiro atoms. The number of benzene rings is 1. The van der Waals surface area contributed by atoms with Gasteiger partial charge in [-0.1, -0.05) is 12.1 Å². The van der Waals surface area contributed by atoms with Gasteiger partial charge in [0.2, 0.25) is 0 Å². The lowest BCUT2D eigenvalue weighted by Gasteiger charge is -2.14. The molecule has 1 aromatic heterocycles. The normalized spacial score (nSPS) is 14.3. The van der Waals surface area contributed by atoms with Gasteiger partial charge in [0.05, 0.1) is 0 Å². The fourth-order valence-corrected chi connectivity index (χ4v) is 2.99. The molecule has 2 aromatic rings. The molecule has 5 heteroatoms. The van der Waals surface area contributed by atoms with Crippen molar-refractivity contribution in [3.05, 3.63) is 53.9 Å². The minimum absolute atomic E-state index is 0.0848. The maximum absolute atomic E-state index is 12.3. The fourth-order valence-electron chi connectivity index (χ4n) is 2.99. The van der Waals surface area contributed by atoms with E-state index in [1.165, 1.54) is 12.8 Å². The van der Waals surface area contributed by atoms with Crippen LogP contribution in [-0.2, 0) is 0 Å². The molecule has 0 unspecified atom stereocenters. The van der Waals surface area contributed by atoms with E-state index in [0.717, 1.165) is 30.8 Å². The zero-order valence-electron chi connectivity index (χ0n) is 13.5. The summed E-state index contributed by atoms with van der Waals surface area (Å²) in [6.07, 6.45) is 4.10. The van der Waals surface area contributed by atoms with E-state index in [4.69, 9.17) is 0 Å². The highest BCUT2D eigenvalue weighted by Crippen LogP contribution is 2.22. The van der Waals surface area contributed by atoms with Crippen LogP contribution in [-0.4, -0.2) is 42.0 Å². The van der Waals surface area contributed by atoms with Gasteiger partial charge in [0.15, 0.2) is 0 Å². The Bertz CT molecular complexity index is 760. The second-order valence-corrected chi connectivity index (χ2v) is 5.90. The van der Waals surface area contributed by atoms with Crippen LogP contribution in [0.25, 0.3) is 11.1 Å². The number of hydrogen-bond donors (Lipinski definition) is 1. The van der Waals surface area contributed by atoms with E-state index in [9.17, 15) is 10.1 Å². The molecular formula is C19H20N4O. The molecule has 24 heavy (non-hydrogen) atoms. The Balaban J connectivity index is 1.68. The van der Waals surface area contributed by atoms with Crippen molar-refractivity contribution >= 4 is 5.91 Å². The van der Waals surface area contributed by atoms with Crippen molar-refractivity contribution in [1.82, 2.24) is 15.2 Å². The van der Waals surface area contributed by atoms with Gasteiger partial charge in [-0.05, 0) is 55.8 Å². The van der Waals surface area contributed by atoms with E-state index in [1.807, 2.05) is 24.3 Å². The Hall–Kier alpha value is -2.71. The predicted molar refractivity (Wildman–Crippen MR) is 92.4 cm³/mol. The van der Waals surface area contributed by atoms with Crippen LogP contribution >= 0.6 is 0 Å². The lowest BCUT2D eigenvalue weighted by molar-refractivity contribution is 0.0950. The smallest absolute Gasteiger partial charge is 0.251 e. The van der Waals surface area contributed by atoms with E-state index in [2.05, 4.69) is 21.3 Å². The maximum atomic E-state index is 12.3. The van der Waals surface area contributed by atoms with Crippen molar-refractivity contribution in [1.29, 1.82) is 5.26 Å². The van der Waals surface area contributed by atoms with Gasteiger partial charge in [0.1, 0.15) is 11.8 Å². The summed E-state index contributed by atoms with van der Waals surface area (Å²) in [6, 6.07) is 13.0. The Kier molecular flexibility index (Phi) is 5.19. The SMILES string of the molecule is N#Cc1ncccc1-c1cccc(C(=O)NCCN2CCCC2)c1. The summed E-state index contributed by atoms with van der Waals surface area (Å²) in [4.78, 5) is 18.8. The van der Waals surface area contributed by atoms with Crippen LogP contribution in [0.4, 0.5) is 0 Å². The number of aromatic nitrogens is 1. The molecular weight excluding hydrogens is 300 g/mol. The summed E-state index contributed by atoms with van der Waals surface area (Å²) in [7, 11) is 0. The summed E-state index contributed by atoms with van der Waals surface area (Å²) in [6.45, 7) is 3.80. The molecule has 2 heterocycles. The van der Waals surface area contributed by atoms with Crippen molar-refractivity contribution in [2.75, 3.05) is 26.2 Å². The molecule has 0 aliphatic carbocycles. The van der Waals surface area contributed by atoms with Gasteiger partial charge in [0, 0.05) is 30.4 Å². The Morgan fingerprint density at radius 2 is 2.08 bits per heavy atom. The standard InChI is InChI=1S/C19H20N4O/c20-14-18-17(7-4-8-21-18)15-5-3-6-16(13-15)19(24)22-9-12-23-10-1-2-11-23/h3-8,13H,1-2,9-12H2,(H,22,24). The number of nitriles is 1. The molecule has 1 saturated heterocycles. The molecule has 1 fully saturated rings. The van der Waals surface area contributed by atoms with Gasteiger partial charge in [-0.3, -0.25) is 4.79 Å². The van der Waals surface area contributed by atoms with Gasteiger partial charge in [-0.2, -0.15) is 5.26 Å². The molecule has 1 aliphatic heterocycles. The van der Waals surface area contributed by atoms with Crippen LogP contribution in [0.3, 0.4) is 0 Å². The number of nitrogens with one attached hydrogen (secondary N) is 1. The lowest BCUT2D eigenvalue weighted by Crippen LogP contribution is -2.33. The third-order valence-corrected chi connectivity index (χ3v) is 4.26. The first kappa shape index (κ1) is 16.2. The summed E-state index contributed by atoms with van der Waals surface area (Å²) in [5, 5.41) is 12.2. The summed E-state index contributed by atoms with van der Waals surface area (Å²) in [5.74, 6) is -0.0848. The molecule has 1 aliphatic rings. The van der Waals surface area contributed by atoms with Crippen molar-refractivity contribution in [2.45, 2.75) is 12.8 Å². The summed E-state index contributed by atoms with van der Waals surface area (Å²) < 4.78 is 0. The minimum Gasteiger partial charge on any atom is -0.351 e. The van der Waals surface area contributed by atoms with E-state index < -0.39 is 0 Å². The van der Waals surface area contributed by atoms with Crippen LogP contribution in [0.5, 0.6) is 0 Å². The van der Waals surface area contributed by atoms with Crippen LogP contribution in [0.15, 0.2) is 42.6 Å². The fraction of sp³-hybridized carbons (Fsp3) is 0.316. The molecule has 122 valence electrons. The monoisotopic (exact) mass is 320 g/mol. The Morgan fingerprint density at radius 3 is 2.88 bits per heavy atom. The average Bonchev–Trinajstić information content (AvgIpc) is 3.15. The van der Waals surface area contributed by atoms with Crippen molar-refractivity contribution < 1.29 is 4.79 Å². The van der Waals surface area contributed by atoms with Crippen molar-refractivity contribution in [3.8, 4) is 17.2 Å². The molecule has 0 saturated carbocycles. The Morgan fingerprint density at radius 1 is 1.25 bits per heavy atom. The van der Waals surface area contributed by atoms with Crippen LogP contribution in [0.2, 0.25) is 0 Å². The third kappa shape index (κ3) is 3.79. The van der Waals surface area contributed by atoms with Crippen LogP contribution < -0.4 is 5.32 Å². The van der Waals surface area contributed by atoms with E-state index in [1.54, 1.807) is 18.3 Å². The lowest BCUT2D eigenvalue weighted by atomic mass is 10.0. The number of likely N-dealkylation sites (tertiary alicyclic amines) is 1. The molecule has 5 nitrogen and oxygen atoms in total. The largest absolute Gasteiger partial charge is 0.351 e. The van der Waals surface area contributed by atoms with Gasteiger partial charge in [0.25, 0.3) is 5.91 Å². The topological polar surface area (TPSA) is 69.0 Å². The zero-order valence-corrected chi connectivity index (χ0v) is 13.5. The highest BCUT2D eigenvalue weighted by Gasteiger charge is 2.12. The molecule has 3 rings (SSSR count). The number of rotatable bonds is 5. The van der Waals surface area contributed by atoms with Gasteiger partial charge in [-0.25, -0.2) is 4.98 Å². The first-order valence-corrected chi connectivity index (χ1v) is 8.24. The summed E-state index contributed by atoms with van der Waals surface area (Å²) >= 11 is 0. The average molecular weight is 320 g/mol. The van der Waals surface area contributed by atoms with E-state index in [-0.39, 0.29) is 5.91 Å². The van der Waals surface area contributed by atoms with Crippen LogP contribution in [0.1, 0.15) is 28.9 Å². The highest BCUT2D eigenvalue weighted by atomic mass is 16.1. The van der Waals surface area contributed by atoms with Crippen LogP contribution in [0, 0.1) is 11.3 Å². The molecule has 0 radical (unpaired) electrons. The van der Waals surface area contributed by atoms with Gasteiger partial charge in [-0.15, -0.1) is 0 Å². The number of carbonyl (C=O) groups is 1. The quantitative estimate of drug-likeness (QED) is 0.919. The zero-order chi connectivity index (χ0) is 16.8. The number of carbonyl (C=O) groups excluding carboxylic acids is 1. The highest BCUT2D eigenvalue weighted by molar-refractivity contribution is 5.95.